The van der Waals surface area contributed by atoms with Gasteiger partial charge in [-0.05, 0) is 30.7 Å². The number of anilines is 1. The Morgan fingerprint density at radius 2 is 2.33 bits per heavy atom. The zero-order valence-corrected chi connectivity index (χ0v) is 9.91. The van der Waals surface area contributed by atoms with Crippen molar-refractivity contribution in [1.82, 2.24) is 4.98 Å². The van der Waals surface area contributed by atoms with E-state index in [4.69, 9.17) is 4.42 Å². The molecular formula is C11H11BrN2O. The molecule has 0 saturated heterocycles. The van der Waals surface area contributed by atoms with E-state index in [0.717, 1.165) is 15.9 Å². The van der Waals surface area contributed by atoms with Gasteiger partial charge in [0.25, 0.3) is 0 Å². The normalized spacial score (nSPS) is 10.3. The molecule has 0 aliphatic rings. The zero-order chi connectivity index (χ0) is 10.7. The van der Waals surface area contributed by atoms with Crippen LogP contribution in [0.3, 0.4) is 0 Å². The predicted octanol–water partition coefficient (Wildman–Crippen LogP) is 3.36. The summed E-state index contributed by atoms with van der Waals surface area (Å²) >= 11 is 3.46. The highest BCUT2D eigenvalue weighted by Crippen LogP contribution is 2.20. The largest absolute Gasteiger partial charge is 0.447 e. The molecule has 0 amide bonds. The number of hydrogen-bond acceptors (Lipinski definition) is 3. The van der Waals surface area contributed by atoms with Gasteiger partial charge in [0, 0.05) is 10.2 Å². The smallest absolute Gasteiger partial charge is 0.180 e. The molecule has 1 aromatic carbocycles. The van der Waals surface area contributed by atoms with Crippen molar-refractivity contribution in [2.24, 2.45) is 0 Å². The fourth-order valence-corrected chi connectivity index (χ4v) is 1.52. The molecule has 0 saturated carbocycles. The van der Waals surface area contributed by atoms with E-state index in [-0.39, 0.29) is 0 Å². The first kappa shape index (κ1) is 10.2. The summed E-state index contributed by atoms with van der Waals surface area (Å²) in [6.45, 7) is 2.71. The Bertz CT molecular complexity index is 440. The van der Waals surface area contributed by atoms with Gasteiger partial charge in [0.15, 0.2) is 6.39 Å². The van der Waals surface area contributed by atoms with Gasteiger partial charge in [-0.3, -0.25) is 0 Å². The molecular weight excluding hydrogens is 256 g/mol. The fourth-order valence-electron chi connectivity index (χ4n) is 1.27. The number of nitrogens with zero attached hydrogens (tertiary/aromatic N) is 1. The second kappa shape index (κ2) is 4.49. The second-order valence-corrected chi connectivity index (χ2v) is 4.14. The van der Waals surface area contributed by atoms with E-state index >= 15 is 0 Å². The quantitative estimate of drug-likeness (QED) is 0.926. The van der Waals surface area contributed by atoms with Crippen LogP contribution in [0.4, 0.5) is 5.69 Å². The second-order valence-electron chi connectivity index (χ2n) is 3.29. The van der Waals surface area contributed by atoms with Gasteiger partial charge >= 0.3 is 0 Å². The number of aromatic nitrogens is 1. The molecule has 2 rings (SSSR count). The first-order valence-corrected chi connectivity index (χ1v) is 5.42. The highest BCUT2D eigenvalue weighted by Gasteiger charge is 1.99. The predicted molar refractivity (Wildman–Crippen MR) is 62.7 cm³/mol. The van der Waals surface area contributed by atoms with Gasteiger partial charge in [0.1, 0.15) is 5.76 Å². The number of halogens is 1. The SMILES string of the molecule is Cc1cc(NCc2cnco2)ccc1Br. The van der Waals surface area contributed by atoms with Crippen molar-refractivity contribution in [3.8, 4) is 0 Å². The minimum Gasteiger partial charge on any atom is -0.447 e. The highest BCUT2D eigenvalue weighted by molar-refractivity contribution is 9.10. The Hall–Kier alpha value is -1.29. The highest BCUT2D eigenvalue weighted by atomic mass is 79.9. The molecule has 78 valence electrons. The Morgan fingerprint density at radius 3 is 3.00 bits per heavy atom. The summed E-state index contributed by atoms with van der Waals surface area (Å²) in [6, 6.07) is 6.13. The lowest BCUT2D eigenvalue weighted by Crippen LogP contribution is -1.98. The average molecular weight is 267 g/mol. The van der Waals surface area contributed by atoms with Gasteiger partial charge in [0.05, 0.1) is 12.7 Å². The van der Waals surface area contributed by atoms with Gasteiger partial charge in [-0.2, -0.15) is 0 Å². The summed E-state index contributed by atoms with van der Waals surface area (Å²) in [5, 5.41) is 3.26. The van der Waals surface area contributed by atoms with Crippen LogP contribution in [-0.4, -0.2) is 4.98 Å². The van der Waals surface area contributed by atoms with Crippen LogP contribution < -0.4 is 5.32 Å². The summed E-state index contributed by atoms with van der Waals surface area (Å²) in [5.41, 5.74) is 2.28. The van der Waals surface area contributed by atoms with Crippen molar-refractivity contribution in [3.63, 3.8) is 0 Å². The topological polar surface area (TPSA) is 38.1 Å². The van der Waals surface area contributed by atoms with E-state index in [0.29, 0.717) is 6.54 Å². The molecule has 1 aromatic heterocycles. The molecule has 0 aliphatic carbocycles. The lowest BCUT2D eigenvalue weighted by atomic mass is 10.2. The molecule has 4 heteroatoms. The van der Waals surface area contributed by atoms with Crippen LogP contribution >= 0.6 is 15.9 Å². The van der Waals surface area contributed by atoms with Crippen molar-refractivity contribution in [2.45, 2.75) is 13.5 Å². The summed E-state index contributed by atoms with van der Waals surface area (Å²) in [6.07, 6.45) is 3.14. The Kier molecular flexibility index (Phi) is 3.06. The maximum absolute atomic E-state index is 5.13. The monoisotopic (exact) mass is 266 g/mol. The van der Waals surface area contributed by atoms with E-state index in [1.54, 1.807) is 6.20 Å². The van der Waals surface area contributed by atoms with Crippen LogP contribution in [0.1, 0.15) is 11.3 Å². The summed E-state index contributed by atoms with van der Waals surface area (Å²) < 4.78 is 6.24. The van der Waals surface area contributed by atoms with E-state index in [1.165, 1.54) is 12.0 Å². The van der Waals surface area contributed by atoms with Gasteiger partial charge in [-0.1, -0.05) is 15.9 Å². The third kappa shape index (κ3) is 2.59. The minimum atomic E-state index is 0.654. The molecule has 0 bridgehead atoms. The molecule has 0 atom stereocenters. The molecule has 0 fully saturated rings. The molecule has 1 N–H and O–H groups in total. The number of hydrogen-bond donors (Lipinski definition) is 1. The first-order chi connectivity index (χ1) is 7.25. The van der Waals surface area contributed by atoms with Crippen molar-refractivity contribution < 1.29 is 4.42 Å². The molecule has 0 aliphatic heterocycles. The van der Waals surface area contributed by atoms with Crippen molar-refractivity contribution >= 4 is 21.6 Å². The lowest BCUT2D eigenvalue weighted by Gasteiger charge is -2.06. The molecule has 0 spiro atoms. The van der Waals surface area contributed by atoms with E-state index < -0.39 is 0 Å². The summed E-state index contributed by atoms with van der Waals surface area (Å²) in [5.74, 6) is 0.829. The Labute approximate surface area is 96.6 Å². The molecule has 3 nitrogen and oxygen atoms in total. The van der Waals surface area contributed by atoms with Crippen LogP contribution in [-0.2, 0) is 6.54 Å². The van der Waals surface area contributed by atoms with Gasteiger partial charge in [-0.25, -0.2) is 4.98 Å². The fraction of sp³-hybridized carbons (Fsp3) is 0.182. The summed E-state index contributed by atoms with van der Waals surface area (Å²) in [7, 11) is 0. The molecule has 0 unspecified atom stereocenters. The van der Waals surface area contributed by atoms with Crippen LogP contribution in [0.2, 0.25) is 0 Å². The maximum Gasteiger partial charge on any atom is 0.180 e. The minimum absolute atomic E-state index is 0.654. The third-order valence-electron chi connectivity index (χ3n) is 2.11. The lowest BCUT2D eigenvalue weighted by molar-refractivity contribution is 0.512. The van der Waals surface area contributed by atoms with Crippen LogP contribution in [0.15, 0.2) is 39.7 Å². The van der Waals surface area contributed by atoms with Crippen LogP contribution in [0, 0.1) is 6.92 Å². The van der Waals surface area contributed by atoms with Crippen molar-refractivity contribution in [2.75, 3.05) is 5.32 Å². The van der Waals surface area contributed by atoms with E-state index in [2.05, 4.69) is 39.2 Å². The zero-order valence-electron chi connectivity index (χ0n) is 8.33. The summed E-state index contributed by atoms with van der Waals surface area (Å²) in [4.78, 5) is 3.85. The molecule has 15 heavy (non-hydrogen) atoms. The number of rotatable bonds is 3. The number of aryl methyl sites for hydroxylation is 1. The van der Waals surface area contributed by atoms with Crippen LogP contribution in [0.5, 0.6) is 0 Å². The Balaban J connectivity index is 2.02. The molecule has 0 radical (unpaired) electrons. The van der Waals surface area contributed by atoms with Crippen LogP contribution in [0.25, 0.3) is 0 Å². The van der Waals surface area contributed by atoms with Crippen molar-refractivity contribution in [3.05, 3.63) is 46.6 Å². The van der Waals surface area contributed by atoms with Gasteiger partial charge in [-0.15, -0.1) is 0 Å². The van der Waals surface area contributed by atoms with Gasteiger partial charge < -0.3 is 9.73 Å². The maximum atomic E-state index is 5.13. The molecule has 2 aromatic rings. The molecule has 1 heterocycles. The average Bonchev–Trinajstić information content (AvgIpc) is 2.73. The van der Waals surface area contributed by atoms with E-state index in [1.807, 2.05) is 12.1 Å². The number of nitrogens with one attached hydrogen (secondary N) is 1. The Morgan fingerprint density at radius 1 is 1.47 bits per heavy atom. The standard InChI is InChI=1S/C11H11BrN2O/c1-8-4-9(2-3-11(8)12)14-6-10-5-13-7-15-10/h2-5,7,14H,6H2,1H3. The third-order valence-corrected chi connectivity index (χ3v) is 3.00. The number of oxazole rings is 1. The number of benzene rings is 1. The first-order valence-electron chi connectivity index (χ1n) is 4.63. The van der Waals surface area contributed by atoms with Crippen molar-refractivity contribution in [1.29, 1.82) is 0 Å². The van der Waals surface area contributed by atoms with E-state index in [9.17, 15) is 0 Å². The van der Waals surface area contributed by atoms with Gasteiger partial charge in [0.2, 0.25) is 0 Å².